The Morgan fingerprint density at radius 1 is 1.19 bits per heavy atom. The van der Waals surface area contributed by atoms with Crippen molar-refractivity contribution in [1.29, 1.82) is 0 Å². The van der Waals surface area contributed by atoms with Gasteiger partial charge in [-0.3, -0.25) is 19.0 Å². The van der Waals surface area contributed by atoms with E-state index < -0.39 is 11.0 Å². The standard InChI is InChI=1S/C20H26N2O3S2/c1-19(2,3)15(23)11-17-22(12-16(24)21-20(4,5)6)18(25)14(27-17)10-13-8-7-9-26-13/h7-11H,12H2,1-6H3,(H,21,24)/b14-10+,17-11-. The third-order valence-electron chi connectivity index (χ3n) is 3.56. The lowest BCUT2D eigenvalue weighted by Crippen LogP contribution is -2.45. The molecule has 7 heteroatoms. The van der Waals surface area contributed by atoms with Crippen molar-refractivity contribution in [2.75, 3.05) is 0 Å². The number of nitrogens with zero attached hydrogens (tertiary/aromatic N) is 1. The zero-order chi connectivity index (χ0) is 20.4. The quantitative estimate of drug-likeness (QED) is 0.846. The zero-order valence-electron chi connectivity index (χ0n) is 16.6. The fraction of sp³-hybridized carbons (Fsp3) is 0.450. The van der Waals surface area contributed by atoms with E-state index in [0.29, 0.717) is 9.20 Å². The monoisotopic (exact) mass is 406 g/mol. The molecule has 0 spiro atoms. The number of carbonyl (C=O) groups is 2. The van der Waals surface area contributed by atoms with E-state index in [2.05, 4.69) is 5.32 Å². The number of aromatic nitrogens is 1. The normalized spacial score (nSPS) is 13.9. The van der Waals surface area contributed by atoms with E-state index in [1.165, 1.54) is 33.3 Å². The molecule has 0 saturated carbocycles. The van der Waals surface area contributed by atoms with Crippen LogP contribution in [0.3, 0.4) is 0 Å². The molecule has 1 N–H and O–H groups in total. The maximum absolute atomic E-state index is 12.9. The van der Waals surface area contributed by atoms with Crippen molar-refractivity contribution in [1.82, 2.24) is 9.88 Å². The third-order valence-corrected chi connectivity index (χ3v) is 5.44. The summed E-state index contributed by atoms with van der Waals surface area (Å²) in [6.07, 6.45) is 3.27. The van der Waals surface area contributed by atoms with E-state index in [0.717, 1.165) is 4.88 Å². The Balaban J connectivity index is 2.57. The minimum absolute atomic E-state index is 0.0867. The molecule has 1 amide bonds. The van der Waals surface area contributed by atoms with Crippen LogP contribution in [0.4, 0.5) is 0 Å². The molecular formula is C20H26N2O3S2. The van der Waals surface area contributed by atoms with Gasteiger partial charge < -0.3 is 5.32 Å². The van der Waals surface area contributed by atoms with Crippen LogP contribution in [0.15, 0.2) is 22.3 Å². The number of nitrogens with one attached hydrogen (secondary N) is 1. The molecular weight excluding hydrogens is 380 g/mol. The first-order valence-electron chi connectivity index (χ1n) is 8.69. The summed E-state index contributed by atoms with van der Waals surface area (Å²) in [5.41, 5.74) is -1.21. The van der Waals surface area contributed by atoms with Crippen LogP contribution in [0, 0.1) is 5.41 Å². The number of thiophene rings is 1. The van der Waals surface area contributed by atoms with E-state index in [1.807, 2.05) is 59.1 Å². The molecule has 2 heterocycles. The van der Waals surface area contributed by atoms with Gasteiger partial charge in [-0.15, -0.1) is 22.7 Å². The molecule has 0 fully saturated rings. The zero-order valence-corrected chi connectivity index (χ0v) is 18.2. The highest BCUT2D eigenvalue weighted by Gasteiger charge is 2.20. The van der Waals surface area contributed by atoms with Crippen molar-refractivity contribution in [3.05, 3.63) is 41.9 Å². The lowest BCUT2D eigenvalue weighted by molar-refractivity contribution is -0.123. The van der Waals surface area contributed by atoms with Gasteiger partial charge in [0, 0.05) is 21.9 Å². The summed E-state index contributed by atoms with van der Waals surface area (Å²) in [6.45, 7) is 11.0. The Morgan fingerprint density at radius 2 is 1.85 bits per heavy atom. The Hall–Kier alpha value is -1.99. The molecule has 5 nitrogen and oxygen atoms in total. The number of carbonyl (C=O) groups excluding carboxylic acids is 2. The van der Waals surface area contributed by atoms with Crippen molar-refractivity contribution in [2.24, 2.45) is 5.41 Å². The highest BCUT2D eigenvalue weighted by molar-refractivity contribution is 7.11. The first-order chi connectivity index (χ1) is 12.4. The number of rotatable bonds is 4. The Labute approximate surface area is 167 Å². The van der Waals surface area contributed by atoms with E-state index in [1.54, 1.807) is 6.08 Å². The number of hydrogen-bond acceptors (Lipinski definition) is 5. The van der Waals surface area contributed by atoms with Crippen LogP contribution in [-0.2, 0) is 16.1 Å². The van der Waals surface area contributed by atoms with Crippen LogP contribution in [-0.4, -0.2) is 21.8 Å². The lowest BCUT2D eigenvalue weighted by Gasteiger charge is -2.20. The summed E-state index contributed by atoms with van der Waals surface area (Å²) in [6, 6.07) is 3.83. The highest BCUT2D eigenvalue weighted by atomic mass is 32.1. The molecule has 0 aliphatic carbocycles. The molecule has 0 saturated heterocycles. The molecule has 2 rings (SSSR count). The third kappa shape index (κ3) is 6.01. The van der Waals surface area contributed by atoms with Gasteiger partial charge in [0.1, 0.15) is 11.2 Å². The SMILES string of the molecule is CC(C)(C)NC(=O)Cn1c(=O)/c(=C\c2cccs2)s/c1=C\C(=O)C(C)(C)C. The van der Waals surface area contributed by atoms with Gasteiger partial charge in [0.05, 0.1) is 4.53 Å². The summed E-state index contributed by atoms with van der Waals surface area (Å²) in [5.74, 6) is -0.348. The van der Waals surface area contributed by atoms with Gasteiger partial charge in [-0.2, -0.15) is 0 Å². The fourth-order valence-corrected chi connectivity index (χ4v) is 3.99. The van der Waals surface area contributed by atoms with Gasteiger partial charge in [0.15, 0.2) is 5.78 Å². The maximum atomic E-state index is 12.9. The van der Waals surface area contributed by atoms with Crippen LogP contribution >= 0.6 is 22.7 Å². The molecule has 0 aliphatic heterocycles. The summed E-state index contributed by atoms with van der Waals surface area (Å²) in [4.78, 5) is 38.7. The highest BCUT2D eigenvalue weighted by Crippen LogP contribution is 2.15. The van der Waals surface area contributed by atoms with Crippen molar-refractivity contribution in [3.8, 4) is 0 Å². The molecule has 0 radical (unpaired) electrons. The molecule has 0 unspecified atom stereocenters. The molecule has 0 aromatic carbocycles. The van der Waals surface area contributed by atoms with E-state index in [4.69, 9.17) is 0 Å². The second-order valence-electron chi connectivity index (χ2n) is 8.41. The van der Waals surface area contributed by atoms with E-state index in [-0.39, 0.29) is 23.8 Å². The number of thiazole rings is 1. The van der Waals surface area contributed by atoms with Crippen molar-refractivity contribution < 1.29 is 9.59 Å². The second kappa shape index (κ2) is 7.94. The molecule has 27 heavy (non-hydrogen) atoms. The topological polar surface area (TPSA) is 68.2 Å². The van der Waals surface area contributed by atoms with Crippen LogP contribution in [0.5, 0.6) is 0 Å². The first-order valence-corrected chi connectivity index (χ1v) is 10.4. The average molecular weight is 407 g/mol. The summed E-state index contributed by atoms with van der Waals surface area (Å²) in [5, 5.41) is 4.79. The summed E-state index contributed by atoms with van der Waals surface area (Å²) < 4.78 is 2.38. The van der Waals surface area contributed by atoms with Crippen LogP contribution < -0.4 is 20.1 Å². The number of hydrogen-bond donors (Lipinski definition) is 1. The smallest absolute Gasteiger partial charge is 0.269 e. The molecule has 146 valence electrons. The molecule has 0 atom stereocenters. The van der Waals surface area contributed by atoms with Gasteiger partial charge in [-0.25, -0.2) is 0 Å². The molecule has 0 bridgehead atoms. The van der Waals surface area contributed by atoms with Crippen LogP contribution in [0.2, 0.25) is 0 Å². The Bertz CT molecular complexity index is 998. The predicted molar refractivity (Wildman–Crippen MR) is 113 cm³/mol. The van der Waals surface area contributed by atoms with Gasteiger partial charge in [-0.05, 0) is 38.3 Å². The molecule has 2 aromatic heterocycles. The first kappa shape index (κ1) is 21.3. The summed E-state index contributed by atoms with van der Waals surface area (Å²) in [7, 11) is 0. The predicted octanol–water partition coefficient (Wildman–Crippen LogP) is 2.11. The van der Waals surface area contributed by atoms with Gasteiger partial charge in [0.25, 0.3) is 5.56 Å². The lowest BCUT2D eigenvalue weighted by atomic mass is 9.91. The van der Waals surface area contributed by atoms with Crippen molar-refractivity contribution in [3.63, 3.8) is 0 Å². The number of amides is 1. The fourth-order valence-electron chi connectivity index (χ4n) is 2.23. The summed E-state index contributed by atoms with van der Waals surface area (Å²) >= 11 is 2.76. The minimum Gasteiger partial charge on any atom is -0.350 e. The van der Waals surface area contributed by atoms with Gasteiger partial charge >= 0.3 is 0 Å². The number of Topliss-reactive ketones (excluding diaryl/α,β-unsaturated/α-hetero) is 1. The maximum Gasteiger partial charge on any atom is 0.269 e. The Morgan fingerprint density at radius 3 is 2.37 bits per heavy atom. The van der Waals surface area contributed by atoms with Gasteiger partial charge in [0.2, 0.25) is 5.91 Å². The molecule has 0 aliphatic rings. The average Bonchev–Trinajstić information content (AvgIpc) is 3.09. The van der Waals surface area contributed by atoms with Crippen molar-refractivity contribution >= 4 is 46.5 Å². The second-order valence-corrected chi connectivity index (χ2v) is 10.5. The number of ketones is 1. The Kier molecular flexibility index (Phi) is 6.27. The van der Waals surface area contributed by atoms with Gasteiger partial charge in [-0.1, -0.05) is 26.8 Å². The largest absolute Gasteiger partial charge is 0.350 e. The molecule has 2 aromatic rings. The van der Waals surface area contributed by atoms with Crippen molar-refractivity contribution in [2.45, 2.75) is 53.6 Å². The van der Waals surface area contributed by atoms with Crippen LogP contribution in [0.25, 0.3) is 12.2 Å². The van der Waals surface area contributed by atoms with E-state index >= 15 is 0 Å². The van der Waals surface area contributed by atoms with E-state index in [9.17, 15) is 14.4 Å². The minimum atomic E-state index is -0.559. The van der Waals surface area contributed by atoms with Crippen LogP contribution in [0.1, 0.15) is 46.4 Å².